The molecule has 132 valence electrons. The first-order valence-corrected chi connectivity index (χ1v) is 9.05. The summed E-state index contributed by atoms with van der Waals surface area (Å²) in [6.45, 7) is 5.48. The first-order chi connectivity index (χ1) is 12.5. The molecule has 1 atom stereocenters. The molecule has 26 heavy (non-hydrogen) atoms. The van der Waals surface area contributed by atoms with Crippen molar-refractivity contribution in [3.05, 3.63) is 65.2 Å². The van der Waals surface area contributed by atoms with Crippen LogP contribution in [0.15, 0.2) is 48.5 Å². The van der Waals surface area contributed by atoms with Crippen LogP contribution in [0.5, 0.6) is 0 Å². The number of pyridine rings is 1. The minimum Gasteiger partial charge on any atom is -0.337 e. The van der Waals surface area contributed by atoms with E-state index in [2.05, 4.69) is 26.0 Å². The van der Waals surface area contributed by atoms with E-state index in [1.807, 2.05) is 41.3 Å². The van der Waals surface area contributed by atoms with Crippen LogP contribution in [0.3, 0.4) is 0 Å². The SMILES string of the molecule is Cc1cc2nc(-c3ccccc3)cc(C(=O)N3CC[C@@H](N)C3)c2cc1C. The van der Waals surface area contributed by atoms with Gasteiger partial charge in [0.2, 0.25) is 0 Å². The molecule has 1 aromatic heterocycles. The fourth-order valence-electron chi connectivity index (χ4n) is 3.56. The summed E-state index contributed by atoms with van der Waals surface area (Å²) in [4.78, 5) is 19.9. The van der Waals surface area contributed by atoms with Crippen LogP contribution < -0.4 is 5.73 Å². The number of likely N-dealkylation sites (tertiary alicyclic amines) is 1. The van der Waals surface area contributed by atoms with E-state index in [4.69, 9.17) is 10.7 Å². The maximum atomic E-state index is 13.2. The molecule has 2 N–H and O–H groups in total. The van der Waals surface area contributed by atoms with Gasteiger partial charge in [-0.25, -0.2) is 4.98 Å². The Morgan fingerprint density at radius 3 is 2.54 bits per heavy atom. The van der Waals surface area contributed by atoms with Crippen LogP contribution in [0.25, 0.3) is 22.2 Å². The third kappa shape index (κ3) is 2.97. The second kappa shape index (κ2) is 6.54. The van der Waals surface area contributed by atoms with Crippen molar-refractivity contribution in [1.29, 1.82) is 0 Å². The molecular formula is C22H23N3O. The molecule has 1 fully saturated rings. The van der Waals surface area contributed by atoms with Gasteiger partial charge >= 0.3 is 0 Å². The highest BCUT2D eigenvalue weighted by atomic mass is 16.2. The smallest absolute Gasteiger partial charge is 0.254 e. The van der Waals surface area contributed by atoms with Crippen LogP contribution in [-0.2, 0) is 0 Å². The Balaban J connectivity index is 1.91. The molecule has 1 saturated heterocycles. The van der Waals surface area contributed by atoms with E-state index < -0.39 is 0 Å². The largest absolute Gasteiger partial charge is 0.337 e. The average molecular weight is 345 g/mol. The summed E-state index contributed by atoms with van der Waals surface area (Å²) >= 11 is 0. The van der Waals surface area contributed by atoms with Crippen molar-refractivity contribution in [3.8, 4) is 11.3 Å². The fraction of sp³-hybridized carbons (Fsp3) is 0.273. The molecule has 2 aromatic carbocycles. The zero-order valence-corrected chi connectivity index (χ0v) is 15.2. The van der Waals surface area contributed by atoms with E-state index >= 15 is 0 Å². The van der Waals surface area contributed by atoms with Gasteiger partial charge in [-0.15, -0.1) is 0 Å². The normalized spacial score (nSPS) is 17.0. The lowest BCUT2D eigenvalue weighted by molar-refractivity contribution is 0.0793. The predicted molar refractivity (Wildman–Crippen MR) is 105 cm³/mol. The molecule has 4 nitrogen and oxygen atoms in total. The quantitative estimate of drug-likeness (QED) is 0.770. The lowest BCUT2D eigenvalue weighted by Gasteiger charge is -2.18. The average Bonchev–Trinajstić information content (AvgIpc) is 3.08. The van der Waals surface area contributed by atoms with E-state index in [1.54, 1.807) is 0 Å². The summed E-state index contributed by atoms with van der Waals surface area (Å²) in [5, 5.41) is 0.915. The van der Waals surface area contributed by atoms with Gasteiger partial charge in [-0.2, -0.15) is 0 Å². The van der Waals surface area contributed by atoms with Gasteiger partial charge in [0.05, 0.1) is 16.8 Å². The summed E-state index contributed by atoms with van der Waals surface area (Å²) in [5.41, 5.74) is 11.8. The molecule has 0 unspecified atom stereocenters. The minimum atomic E-state index is 0.0470. The van der Waals surface area contributed by atoms with E-state index in [9.17, 15) is 4.79 Å². The van der Waals surface area contributed by atoms with Crippen molar-refractivity contribution >= 4 is 16.8 Å². The third-order valence-electron chi connectivity index (χ3n) is 5.24. The first-order valence-electron chi connectivity index (χ1n) is 9.05. The molecule has 4 heteroatoms. The number of carbonyl (C=O) groups is 1. The Bertz CT molecular complexity index is 982. The predicted octanol–water partition coefficient (Wildman–Crippen LogP) is 3.69. The number of amides is 1. The maximum absolute atomic E-state index is 13.2. The molecule has 3 aromatic rings. The molecule has 1 aliphatic heterocycles. The van der Waals surface area contributed by atoms with Crippen molar-refractivity contribution in [2.75, 3.05) is 13.1 Å². The molecule has 1 aliphatic rings. The Morgan fingerprint density at radius 1 is 1.12 bits per heavy atom. The topological polar surface area (TPSA) is 59.2 Å². The highest BCUT2D eigenvalue weighted by Crippen LogP contribution is 2.28. The number of benzene rings is 2. The van der Waals surface area contributed by atoms with Gasteiger partial charge in [-0.3, -0.25) is 4.79 Å². The number of aromatic nitrogens is 1. The number of hydrogen-bond acceptors (Lipinski definition) is 3. The number of aryl methyl sites for hydroxylation is 2. The third-order valence-corrected chi connectivity index (χ3v) is 5.24. The summed E-state index contributed by atoms with van der Waals surface area (Å²) in [6.07, 6.45) is 0.860. The maximum Gasteiger partial charge on any atom is 0.254 e. The Hall–Kier alpha value is -2.72. The molecule has 2 heterocycles. The molecule has 0 spiro atoms. The number of carbonyl (C=O) groups excluding carboxylic acids is 1. The van der Waals surface area contributed by atoms with E-state index in [0.29, 0.717) is 12.1 Å². The molecule has 0 bridgehead atoms. The van der Waals surface area contributed by atoms with Gasteiger partial charge in [0, 0.05) is 30.1 Å². The van der Waals surface area contributed by atoms with Crippen LogP contribution >= 0.6 is 0 Å². The summed E-state index contributed by atoms with van der Waals surface area (Å²) in [6, 6.07) is 16.2. The van der Waals surface area contributed by atoms with Gasteiger partial charge in [-0.1, -0.05) is 30.3 Å². The van der Waals surface area contributed by atoms with Crippen molar-refractivity contribution in [2.24, 2.45) is 5.73 Å². The number of nitrogens with zero attached hydrogens (tertiary/aromatic N) is 2. The van der Waals surface area contributed by atoms with Crippen LogP contribution in [0.4, 0.5) is 0 Å². The van der Waals surface area contributed by atoms with Crippen LogP contribution in [0.2, 0.25) is 0 Å². The minimum absolute atomic E-state index is 0.0470. The Kier molecular flexibility index (Phi) is 4.21. The zero-order chi connectivity index (χ0) is 18.3. The standard InChI is InChI=1S/C22H23N3O/c1-14-10-18-19(22(26)25-9-8-17(23)13-25)12-20(16-6-4-3-5-7-16)24-21(18)11-15(14)2/h3-7,10-12,17H,8-9,13,23H2,1-2H3/t17-/m1/s1. The number of hydrogen-bond donors (Lipinski definition) is 1. The van der Waals surface area contributed by atoms with Gasteiger partial charge in [-0.05, 0) is 49.6 Å². The van der Waals surface area contributed by atoms with E-state index in [0.717, 1.165) is 35.1 Å². The van der Waals surface area contributed by atoms with Gasteiger partial charge in [0.1, 0.15) is 0 Å². The summed E-state index contributed by atoms with van der Waals surface area (Å²) < 4.78 is 0. The van der Waals surface area contributed by atoms with Crippen LogP contribution in [0.1, 0.15) is 27.9 Å². The van der Waals surface area contributed by atoms with Gasteiger partial charge in [0.25, 0.3) is 5.91 Å². The second-order valence-corrected chi connectivity index (χ2v) is 7.17. The lowest BCUT2D eigenvalue weighted by Crippen LogP contribution is -2.32. The second-order valence-electron chi connectivity index (χ2n) is 7.17. The van der Waals surface area contributed by atoms with Crippen molar-refractivity contribution in [2.45, 2.75) is 26.3 Å². The zero-order valence-electron chi connectivity index (χ0n) is 15.2. The van der Waals surface area contributed by atoms with Crippen molar-refractivity contribution < 1.29 is 4.79 Å². The monoisotopic (exact) mass is 345 g/mol. The number of rotatable bonds is 2. The highest BCUT2D eigenvalue weighted by molar-refractivity contribution is 6.07. The molecule has 1 amide bonds. The number of fused-ring (bicyclic) bond motifs is 1. The molecule has 4 rings (SSSR count). The Morgan fingerprint density at radius 2 is 1.85 bits per heavy atom. The van der Waals surface area contributed by atoms with Crippen molar-refractivity contribution in [3.63, 3.8) is 0 Å². The molecule has 0 radical (unpaired) electrons. The number of nitrogens with two attached hydrogens (primary N) is 1. The summed E-state index contributed by atoms with van der Waals surface area (Å²) in [5.74, 6) is 0.0470. The highest BCUT2D eigenvalue weighted by Gasteiger charge is 2.26. The van der Waals surface area contributed by atoms with E-state index in [1.165, 1.54) is 11.1 Å². The molecule has 0 aliphatic carbocycles. The fourth-order valence-corrected chi connectivity index (χ4v) is 3.56. The van der Waals surface area contributed by atoms with E-state index in [-0.39, 0.29) is 11.9 Å². The van der Waals surface area contributed by atoms with Gasteiger partial charge in [0.15, 0.2) is 0 Å². The van der Waals surface area contributed by atoms with Crippen LogP contribution in [-0.4, -0.2) is 34.9 Å². The lowest BCUT2D eigenvalue weighted by atomic mass is 9.99. The summed E-state index contributed by atoms with van der Waals surface area (Å²) in [7, 11) is 0. The first kappa shape index (κ1) is 16.7. The Labute approximate surface area is 153 Å². The van der Waals surface area contributed by atoms with Gasteiger partial charge < -0.3 is 10.6 Å². The van der Waals surface area contributed by atoms with Crippen molar-refractivity contribution in [1.82, 2.24) is 9.88 Å². The molecule has 0 saturated carbocycles. The van der Waals surface area contributed by atoms with Crippen LogP contribution in [0, 0.1) is 13.8 Å². The molecular weight excluding hydrogens is 322 g/mol.